The molecule has 0 aromatic rings. The SMILES string of the molecule is ClC(OC(Cl)C1CCCCC1)C1CCCCC1. The maximum Gasteiger partial charge on any atom is 0.136 e. The number of ether oxygens (including phenoxy) is 1. The maximum atomic E-state index is 6.37. The normalized spacial score (nSPS) is 27.9. The van der Waals surface area contributed by atoms with Crippen molar-refractivity contribution in [2.24, 2.45) is 11.8 Å². The summed E-state index contributed by atoms with van der Waals surface area (Å²) in [5.74, 6) is 1.05. The first-order valence-corrected chi connectivity index (χ1v) is 8.08. The highest BCUT2D eigenvalue weighted by atomic mass is 35.5. The Morgan fingerprint density at radius 3 is 1.35 bits per heavy atom. The molecular weight excluding hydrogens is 255 g/mol. The Morgan fingerprint density at radius 2 is 1.00 bits per heavy atom. The van der Waals surface area contributed by atoms with Crippen LogP contribution in [0.4, 0.5) is 0 Å². The monoisotopic (exact) mass is 278 g/mol. The van der Waals surface area contributed by atoms with Gasteiger partial charge in [0.05, 0.1) is 0 Å². The minimum Gasteiger partial charge on any atom is -0.343 e. The van der Waals surface area contributed by atoms with Crippen molar-refractivity contribution in [2.75, 3.05) is 0 Å². The van der Waals surface area contributed by atoms with Crippen molar-refractivity contribution in [1.29, 1.82) is 0 Å². The molecular formula is C14H24Cl2O. The van der Waals surface area contributed by atoms with Crippen molar-refractivity contribution >= 4 is 23.2 Å². The van der Waals surface area contributed by atoms with Crippen molar-refractivity contribution < 1.29 is 4.74 Å². The first-order valence-electron chi connectivity index (χ1n) is 7.21. The summed E-state index contributed by atoms with van der Waals surface area (Å²) in [6.45, 7) is 0. The van der Waals surface area contributed by atoms with Crippen LogP contribution in [0.3, 0.4) is 0 Å². The smallest absolute Gasteiger partial charge is 0.136 e. The van der Waals surface area contributed by atoms with E-state index in [-0.39, 0.29) is 11.1 Å². The topological polar surface area (TPSA) is 9.23 Å². The number of hydrogen-bond acceptors (Lipinski definition) is 1. The van der Waals surface area contributed by atoms with Gasteiger partial charge in [0.15, 0.2) is 0 Å². The van der Waals surface area contributed by atoms with Gasteiger partial charge in [-0.3, -0.25) is 0 Å². The van der Waals surface area contributed by atoms with Crippen LogP contribution in [0.1, 0.15) is 64.2 Å². The standard InChI is InChI=1S/C14H24Cl2O/c15-13(11-7-3-1-4-8-11)17-14(16)12-9-5-2-6-10-12/h11-14H,1-10H2. The third-order valence-corrected chi connectivity index (χ3v) is 5.22. The molecule has 0 aromatic carbocycles. The highest BCUT2D eigenvalue weighted by Crippen LogP contribution is 2.35. The van der Waals surface area contributed by atoms with E-state index in [0.29, 0.717) is 11.8 Å². The van der Waals surface area contributed by atoms with Gasteiger partial charge in [-0.2, -0.15) is 0 Å². The molecule has 0 saturated heterocycles. The first kappa shape index (κ1) is 14.0. The van der Waals surface area contributed by atoms with Crippen LogP contribution in [0, 0.1) is 11.8 Å². The molecule has 0 aliphatic heterocycles. The Balaban J connectivity index is 1.74. The van der Waals surface area contributed by atoms with Crippen molar-refractivity contribution in [1.82, 2.24) is 0 Å². The molecule has 2 unspecified atom stereocenters. The fourth-order valence-electron chi connectivity index (χ4n) is 3.14. The molecule has 17 heavy (non-hydrogen) atoms. The van der Waals surface area contributed by atoms with Crippen LogP contribution in [0.25, 0.3) is 0 Å². The Morgan fingerprint density at radius 1 is 0.647 bits per heavy atom. The van der Waals surface area contributed by atoms with E-state index in [1.54, 1.807) is 0 Å². The van der Waals surface area contributed by atoms with Gasteiger partial charge in [-0.1, -0.05) is 61.7 Å². The summed E-state index contributed by atoms with van der Waals surface area (Å²) in [6, 6.07) is 0. The van der Waals surface area contributed by atoms with Crippen molar-refractivity contribution in [3.8, 4) is 0 Å². The lowest BCUT2D eigenvalue weighted by Crippen LogP contribution is -2.29. The molecule has 100 valence electrons. The molecule has 3 heteroatoms. The Labute approximate surface area is 115 Å². The second-order valence-electron chi connectivity index (χ2n) is 5.63. The summed E-state index contributed by atoms with van der Waals surface area (Å²) in [7, 11) is 0. The fourth-order valence-corrected chi connectivity index (χ4v) is 3.92. The molecule has 0 amide bonds. The van der Waals surface area contributed by atoms with E-state index in [4.69, 9.17) is 27.9 Å². The minimum absolute atomic E-state index is 0.167. The van der Waals surface area contributed by atoms with E-state index < -0.39 is 0 Å². The van der Waals surface area contributed by atoms with Gasteiger partial charge in [0.2, 0.25) is 0 Å². The molecule has 2 saturated carbocycles. The van der Waals surface area contributed by atoms with Crippen LogP contribution in [-0.2, 0) is 4.74 Å². The average Bonchev–Trinajstić information content (AvgIpc) is 2.40. The van der Waals surface area contributed by atoms with Crippen LogP contribution < -0.4 is 0 Å². The lowest BCUT2D eigenvalue weighted by Gasteiger charge is -2.31. The fraction of sp³-hybridized carbons (Fsp3) is 1.00. The lowest BCUT2D eigenvalue weighted by molar-refractivity contribution is 0.000163. The molecule has 0 spiro atoms. The second-order valence-corrected chi connectivity index (χ2v) is 6.49. The summed E-state index contributed by atoms with van der Waals surface area (Å²) >= 11 is 12.7. The number of hydrogen-bond donors (Lipinski definition) is 0. The zero-order valence-corrected chi connectivity index (χ0v) is 12.1. The van der Waals surface area contributed by atoms with Gasteiger partial charge in [0.25, 0.3) is 0 Å². The van der Waals surface area contributed by atoms with E-state index in [1.165, 1.54) is 64.2 Å². The van der Waals surface area contributed by atoms with E-state index >= 15 is 0 Å². The molecule has 0 bridgehead atoms. The predicted molar refractivity (Wildman–Crippen MR) is 73.5 cm³/mol. The molecule has 0 aromatic heterocycles. The predicted octanol–water partition coefficient (Wildman–Crippen LogP) is 5.29. The van der Waals surface area contributed by atoms with Crippen LogP contribution in [-0.4, -0.2) is 11.1 Å². The van der Waals surface area contributed by atoms with Crippen LogP contribution >= 0.6 is 23.2 Å². The van der Waals surface area contributed by atoms with E-state index in [0.717, 1.165) is 0 Å². The number of halogens is 2. The third-order valence-electron chi connectivity index (χ3n) is 4.30. The average molecular weight is 279 g/mol. The minimum atomic E-state index is -0.167. The van der Waals surface area contributed by atoms with Crippen LogP contribution in [0.5, 0.6) is 0 Å². The lowest BCUT2D eigenvalue weighted by atomic mass is 9.89. The molecule has 2 aliphatic rings. The Hall–Kier alpha value is 0.540. The third kappa shape index (κ3) is 4.29. The summed E-state index contributed by atoms with van der Waals surface area (Å²) in [4.78, 5) is 0. The zero-order valence-electron chi connectivity index (χ0n) is 10.5. The summed E-state index contributed by atoms with van der Waals surface area (Å²) < 4.78 is 5.86. The van der Waals surface area contributed by atoms with Crippen LogP contribution in [0.2, 0.25) is 0 Å². The zero-order chi connectivity index (χ0) is 12.1. The van der Waals surface area contributed by atoms with Gasteiger partial charge in [-0.25, -0.2) is 0 Å². The van der Waals surface area contributed by atoms with Crippen LogP contribution in [0.15, 0.2) is 0 Å². The van der Waals surface area contributed by atoms with Gasteiger partial charge in [-0.15, -0.1) is 0 Å². The Kier molecular flexibility index (Phi) is 5.92. The molecule has 2 rings (SSSR count). The molecule has 0 radical (unpaired) electrons. The molecule has 1 nitrogen and oxygen atoms in total. The van der Waals surface area contributed by atoms with Crippen molar-refractivity contribution in [3.63, 3.8) is 0 Å². The highest BCUT2D eigenvalue weighted by molar-refractivity contribution is 6.22. The van der Waals surface area contributed by atoms with E-state index in [9.17, 15) is 0 Å². The first-order chi connectivity index (χ1) is 8.27. The Bertz CT molecular complexity index is 188. The van der Waals surface area contributed by atoms with Crippen molar-refractivity contribution in [2.45, 2.75) is 75.3 Å². The molecule has 0 N–H and O–H groups in total. The highest BCUT2D eigenvalue weighted by Gasteiger charge is 2.28. The quantitative estimate of drug-likeness (QED) is 0.635. The van der Waals surface area contributed by atoms with Gasteiger partial charge in [0, 0.05) is 0 Å². The van der Waals surface area contributed by atoms with E-state index in [2.05, 4.69) is 0 Å². The molecule has 2 atom stereocenters. The molecule has 2 fully saturated rings. The molecule has 2 aliphatic carbocycles. The molecule has 0 heterocycles. The maximum absolute atomic E-state index is 6.37. The van der Waals surface area contributed by atoms with Gasteiger partial charge < -0.3 is 4.74 Å². The number of rotatable bonds is 4. The van der Waals surface area contributed by atoms with E-state index in [1.807, 2.05) is 0 Å². The van der Waals surface area contributed by atoms with Gasteiger partial charge in [-0.05, 0) is 37.5 Å². The summed E-state index contributed by atoms with van der Waals surface area (Å²) in [5.41, 5.74) is -0.334. The van der Waals surface area contributed by atoms with Crippen molar-refractivity contribution in [3.05, 3.63) is 0 Å². The summed E-state index contributed by atoms with van der Waals surface area (Å²) in [6.07, 6.45) is 12.7. The number of alkyl halides is 2. The summed E-state index contributed by atoms with van der Waals surface area (Å²) in [5, 5.41) is 0. The van der Waals surface area contributed by atoms with Gasteiger partial charge >= 0.3 is 0 Å². The largest absolute Gasteiger partial charge is 0.343 e. The van der Waals surface area contributed by atoms with Gasteiger partial charge in [0.1, 0.15) is 11.1 Å². The second kappa shape index (κ2) is 7.21.